The van der Waals surface area contributed by atoms with Crippen LogP contribution in [0.4, 0.5) is 17.1 Å². The second-order valence-electron chi connectivity index (χ2n) is 5.65. The minimum Gasteiger partial charge on any atom is -0.494 e. The number of amides is 1. The summed E-state index contributed by atoms with van der Waals surface area (Å²) in [7, 11) is 1.30. The van der Waals surface area contributed by atoms with E-state index in [9.17, 15) is 24.8 Å². The summed E-state index contributed by atoms with van der Waals surface area (Å²) in [6.07, 6.45) is 0. The first-order chi connectivity index (χ1) is 13.4. The van der Waals surface area contributed by atoms with Crippen molar-refractivity contribution in [3.63, 3.8) is 0 Å². The Bertz CT molecular complexity index is 928. The number of para-hydroxylation sites is 1. The average Bonchev–Trinajstić information content (AvgIpc) is 2.68. The van der Waals surface area contributed by atoms with Gasteiger partial charge in [0.15, 0.2) is 11.5 Å². The number of azo groups is 1. The topological polar surface area (TPSA) is 143 Å². The number of nitro benzene ring substituents is 1. The maximum atomic E-state index is 12.5. The Labute approximate surface area is 160 Å². The third kappa shape index (κ3) is 4.95. The third-order valence-electron chi connectivity index (χ3n) is 3.73. The molecule has 0 bridgehead atoms. The normalized spacial score (nSPS) is 11.8. The molecule has 0 saturated carbocycles. The van der Waals surface area contributed by atoms with Crippen LogP contribution in [0.5, 0.6) is 5.75 Å². The van der Waals surface area contributed by atoms with Gasteiger partial charge in [0.1, 0.15) is 5.69 Å². The molecular weight excluding hydrogens is 368 g/mol. The first kappa shape index (κ1) is 20.6. The summed E-state index contributed by atoms with van der Waals surface area (Å²) in [5.41, 5.74) is 0.761. The molecule has 2 aromatic rings. The lowest BCUT2D eigenvalue weighted by molar-refractivity contribution is -0.384. The van der Waals surface area contributed by atoms with Crippen LogP contribution in [-0.2, 0) is 16.2 Å². The van der Waals surface area contributed by atoms with Crippen molar-refractivity contribution in [1.29, 1.82) is 0 Å². The number of non-ortho nitro benzene ring substituents is 1. The van der Waals surface area contributed by atoms with Crippen molar-refractivity contribution in [1.82, 2.24) is 0 Å². The van der Waals surface area contributed by atoms with E-state index in [4.69, 9.17) is 4.74 Å². The number of benzene rings is 2. The largest absolute Gasteiger partial charge is 0.494 e. The van der Waals surface area contributed by atoms with Gasteiger partial charge in [-0.1, -0.05) is 18.2 Å². The van der Waals surface area contributed by atoms with Crippen LogP contribution in [0, 0.1) is 10.1 Å². The number of hydrogen-bond acceptors (Lipinski definition) is 8. The summed E-state index contributed by atoms with van der Waals surface area (Å²) in [6, 6.07) is 8.80. The standard InChI is InChI=1S/C18H18N4O6/c1-11(24)17(18(25)19-14-6-4-3-5-12(14)10-23)21-20-15-8-7-13(22(26)27)9-16(15)28-2/h3-9,17,23H,10H2,1-2H3,(H,19,25). The van der Waals surface area contributed by atoms with Crippen LogP contribution < -0.4 is 10.1 Å². The third-order valence-corrected chi connectivity index (χ3v) is 3.73. The highest BCUT2D eigenvalue weighted by atomic mass is 16.6. The van der Waals surface area contributed by atoms with E-state index in [1.807, 2.05) is 0 Å². The first-order valence-electron chi connectivity index (χ1n) is 8.10. The number of anilines is 1. The number of hydrogen-bond donors (Lipinski definition) is 2. The van der Waals surface area contributed by atoms with Gasteiger partial charge in [-0.25, -0.2) is 0 Å². The lowest BCUT2D eigenvalue weighted by atomic mass is 10.1. The number of ether oxygens (including phenoxy) is 1. The molecule has 0 aromatic heterocycles. The smallest absolute Gasteiger partial charge is 0.273 e. The van der Waals surface area contributed by atoms with E-state index in [0.717, 1.165) is 6.07 Å². The van der Waals surface area contributed by atoms with Gasteiger partial charge in [0.2, 0.25) is 6.04 Å². The van der Waals surface area contributed by atoms with E-state index in [0.29, 0.717) is 11.3 Å². The maximum absolute atomic E-state index is 12.5. The summed E-state index contributed by atoms with van der Waals surface area (Å²) < 4.78 is 5.04. The minimum absolute atomic E-state index is 0.0753. The molecule has 28 heavy (non-hydrogen) atoms. The molecule has 2 N–H and O–H groups in total. The average molecular weight is 386 g/mol. The number of Topliss-reactive ketones (excluding diaryl/α,β-unsaturated/α-hetero) is 1. The van der Waals surface area contributed by atoms with E-state index in [-0.39, 0.29) is 23.7 Å². The minimum atomic E-state index is -1.44. The van der Waals surface area contributed by atoms with E-state index in [1.165, 1.54) is 26.2 Å². The molecule has 0 spiro atoms. The summed E-state index contributed by atoms with van der Waals surface area (Å²) in [5.74, 6) is -1.20. The molecule has 1 unspecified atom stereocenters. The Hall–Kier alpha value is -3.66. The van der Waals surface area contributed by atoms with Gasteiger partial charge in [0, 0.05) is 17.3 Å². The highest BCUT2D eigenvalue weighted by molar-refractivity contribution is 6.10. The van der Waals surface area contributed by atoms with E-state index in [2.05, 4.69) is 15.5 Å². The molecule has 0 aliphatic rings. The number of nitrogens with one attached hydrogen (secondary N) is 1. The van der Waals surface area contributed by atoms with Crippen LogP contribution in [0.1, 0.15) is 12.5 Å². The lowest BCUT2D eigenvalue weighted by Gasteiger charge is -2.12. The Kier molecular flexibility index (Phi) is 6.88. The molecule has 0 radical (unpaired) electrons. The van der Waals surface area contributed by atoms with Crippen molar-refractivity contribution in [2.24, 2.45) is 10.2 Å². The van der Waals surface area contributed by atoms with Gasteiger partial charge in [-0.2, -0.15) is 10.2 Å². The highest BCUT2D eigenvalue weighted by Crippen LogP contribution is 2.31. The zero-order valence-electron chi connectivity index (χ0n) is 15.2. The van der Waals surface area contributed by atoms with Crippen molar-refractivity contribution in [2.75, 3.05) is 12.4 Å². The molecule has 0 heterocycles. The molecule has 146 valence electrons. The number of carbonyl (C=O) groups excluding carboxylic acids is 2. The fourth-order valence-electron chi connectivity index (χ4n) is 2.28. The monoisotopic (exact) mass is 386 g/mol. The molecule has 10 heteroatoms. The van der Waals surface area contributed by atoms with E-state index >= 15 is 0 Å². The van der Waals surface area contributed by atoms with Crippen molar-refractivity contribution >= 4 is 28.8 Å². The van der Waals surface area contributed by atoms with Crippen LogP contribution in [0.15, 0.2) is 52.7 Å². The Morgan fingerprint density at radius 3 is 2.61 bits per heavy atom. The zero-order valence-corrected chi connectivity index (χ0v) is 15.2. The highest BCUT2D eigenvalue weighted by Gasteiger charge is 2.24. The molecule has 0 aliphatic carbocycles. The molecule has 0 saturated heterocycles. The van der Waals surface area contributed by atoms with Crippen molar-refractivity contribution in [3.05, 3.63) is 58.1 Å². The lowest BCUT2D eigenvalue weighted by Crippen LogP contribution is -2.32. The predicted molar refractivity (Wildman–Crippen MR) is 99.6 cm³/mol. The second kappa shape index (κ2) is 9.33. The fraction of sp³-hybridized carbons (Fsp3) is 0.222. The number of rotatable bonds is 8. The number of ketones is 1. The Morgan fingerprint density at radius 2 is 2.00 bits per heavy atom. The van der Waals surface area contributed by atoms with E-state index < -0.39 is 22.7 Å². The molecule has 1 atom stereocenters. The number of methoxy groups -OCH3 is 1. The number of carbonyl (C=O) groups is 2. The van der Waals surface area contributed by atoms with E-state index in [1.54, 1.807) is 24.3 Å². The molecule has 2 aromatic carbocycles. The molecule has 0 aliphatic heterocycles. The SMILES string of the molecule is COc1cc([N+](=O)[O-])ccc1N=NC(C(C)=O)C(=O)Nc1ccccc1CO. The summed E-state index contributed by atoms with van der Waals surface area (Å²) in [6.45, 7) is 0.900. The van der Waals surface area contributed by atoms with Crippen molar-refractivity contribution < 1.29 is 24.4 Å². The molecule has 2 rings (SSSR count). The number of aliphatic hydroxyl groups is 1. The molecule has 10 nitrogen and oxygen atoms in total. The predicted octanol–water partition coefficient (Wildman–Crippen LogP) is 2.78. The summed E-state index contributed by atoms with van der Waals surface area (Å²) >= 11 is 0. The Balaban J connectivity index is 2.26. The number of aliphatic hydroxyl groups excluding tert-OH is 1. The van der Waals surface area contributed by atoms with Crippen molar-refractivity contribution in [2.45, 2.75) is 19.6 Å². The van der Waals surface area contributed by atoms with Crippen molar-refractivity contribution in [3.8, 4) is 5.75 Å². The number of nitro groups is 1. The summed E-state index contributed by atoms with van der Waals surface area (Å²) in [4.78, 5) is 34.6. The van der Waals surface area contributed by atoms with Crippen LogP contribution in [0.25, 0.3) is 0 Å². The van der Waals surface area contributed by atoms with Gasteiger partial charge in [0.05, 0.1) is 24.7 Å². The van der Waals surface area contributed by atoms with Gasteiger partial charge in [0.25, 0.3) is 11.6 Å². The quantitative estimate of drug-likeness (QED) is 0.309. The molecular formula is C18H18N4O6. The van der Waals surface area contributed by atoms with Crippen LogP contribution in [0.3, 0.4) is 0 Å². The Morgan fingerprint density at radius 1 is 1.29 bits per heavy atom. The second-order valence-corrected chi connectivity index (χ2v) is 5.65. The van der Waals surface area contributed by atoms with Gasteiger partial charge in [-0.05, 0) is 19.1 Å². The van der Waals surface area contributed by atoms with Gasteiger partial charge < -0.3 is 15.2 Å². The number of nitrogens with zero attached hydrogens (tertiary/aromatic N) is 3. The summed E-state index contributed by atoms with van der Waals surface area (Å²) in [5, 5.41) is 30.3. The van der Waals surface area contributed by atoms with Crippen LogP contribution in [0.2, 0.25) is 0 Å². The van der Waals surface area contributed by atoms with Gasteiger partial charge in [-0.15, -0.1) is 0 Å². The van der Waals surface area contributed by atoms with Crippen LogP contribution >= 0.6 is 0 Å². The molecule has 1 amide bonds. The van der Waals surface area contributed by atoms with Gasteiger partial charge in [-0.3, -0.25) is 19.7 Å². The van der Waals surface area contributed by atoms with Gasteiger partial charge >= 0.3 is 0 Å². The zero-order chi connectivity index (χ0) is 20.7. The van der Waals surface area contributed by atoms with Crippen LogP contribution in [-0.4, -0.2) is 34.9 Å². The maximum Gasteiger partial charge on any atom is 0.273 e. The molecule has 0 fully saturated rings. The first-order valence-corrected chi connectivity index (χ1v) is 8.10. The fourth-order valence-corrected chi connectivity index (χ4v) is 2.28.